The SMILES string of the molecule is c1ccc(-n2c3ccccc3c3c2ccc2c4ccccc4n(-c4ccc5c(n4)oc4ncc(-c6cccc7c6c6ccc8c(c9ccccc9n8-c8ccccc8)c6n7-c6cc7oc8ccccc8c7cn6)cc45)c23)cc1. The average molecular weight is 998 g/mol. The van der Waals surface area contributed by atoms with Crippen LogP contribution in [0.25, 0.3) is 165 Å². The Bertz CT molecular complexity index is 5580. The number of hydrogen-bond acceptors (Lipinski definition) is 5. The van der Waals surface area contributed by atoms with E-state index in [1.807, 2.05) is 30.6 Å². The van der Waals surface area contributed by atoms with E-state index in [1.54, 1.807) is 0 Å². The first kappa shape index (κ1) is 41.6. The maximum atomic E-state index is 6.67. The van der Waals surface area contributed by atoms with Gasteiger partial charge in [0, 0.05) is 89.3 Å². The van der Waals surface area contributed by atoms with Crippen LogP contribution in [0.1, 0.15) is 0 Å². The Kier molecular flexibility index (Phi) is 8.21. The minimum atomic E-state index is 0.524. The highest BCUT2D eigenvalue weighted by Crippen LogP contribution is 2.47. The van der Waals surface area contributed by atoms with Crippen LogP contribution in [0, 0.1) is 0 Å². The van der Waals surface area contributed by atoms with Crippen molar-refractivity contribution in [3.63, 3.8) is 0 Å². The van der Waals surface area contributed by atoms with Crippen molar-refractivity contribution < 1.29 is 8.83 Å². The summed E-state index contributed by atoms with van der Waals surface area (Å²) in [5.41, 5.74) is 15.7. The minimum Gasteiger partial charge on any atom is -0.456 e. The van der Waals surface area contributed by atoms with Gasteiger partial charge < -0.3 is 18.0 Å². The van der Waals surface area contributed by atoms with Crippen LogP contribution in [0.3, 0.4) is 0 Å². The highest BCUT2D eigenvalue weighted by atomic mass is 16.3. The fraction of sp³-hybridized carbons (Fsp3) is 0. The van der Waals surface area contributed by atoms with E-state index in [2.05, 4.69) is 225 Å². The van der Waals surface area contributed by atoms with Crippen molar-refractivity contribution in [3.8, 4) is 34.1 Å². The van der Waals surface area contributed by atoms with E-state index in [0.717, 1.165) is 143 Å². The third kappa shape index (κ3) is 5.55. The predicted molar refractivity (Wildman–Crippen MR) is 317 cm³/mol. The number of fused-ring (bicyclic) bond motifs is 20. The van der Waals surface area contributed by atoms with Gasteiger partial charge in [-0.25, -0.2) is 9.97 Å². The second-order valence-corrected chi connectivity index (χ2v) is 20.3. The second-order valence-electron chi connectivity index (χ2n) is 20.3. The fourth-order valence-electron chi connectivity index (χ4n) is 13.1. The summed E-state index contributed by atoms with van der Waals surface area (Å²) < 4.78 is 22.6. The van der Waals surface area contributed by atoms with E-state index in [4.69, 9.17) is 23.8 Å². The van der Waals surface area contributed by atoms with Crippen molar-refractivity contribution in [2.24, 2.45) is 0 Å². The largest absolute Gasteiger partial charge is 0.456 e. The van der Waals surface area contributed by atoms with Gasteiger partial charge in [0.2, 0.25) is 11.4 Å². The van der Waals surface area contributed by atoms with Gasteiger partial charge in [-0.15, -0.1) is 0 Å². The van der Waals surface area contributed by atoms with Gasteiger partial charge >= 0.3 is 0 Å². The molecular formula is C69H39N7O2. The molecule has 78 heavy (non-hydrogen) atoms. The number of benzene rings is 9. The lowest BCUT2D eigenvalue weighted by Gasteiger charge is -2.09. The molecule has 0 atom stereocenters. The molecule has 18 rings (SSSR count). The maximum absolute atomic E-state index is 6.67. The summed E-state index contributed by atoms with van der Waals surface area (Å²) in [6.07, 6.45) is 3.90. The van der Waals surface area contributed by atoms with Crippen molar-refractivity contribution in [2.75, 3.05) is 0 Å². The maximum Gasteiger partial charge on any atom is 0.231 e. The molecule has 9 aromatic heterocycles. The number of furan rings is 2. The molecule has 362 valence electrons. The van der Waals surface area contributed by atoms with Crippen LogP contribution in [0.4, 0.5) is 0 Å². The molecule has 9 heteroatoms. The summed E-state index contributed by atoms with van der Waals surface area (Å²) in [6, 6.07) is 79.6. The zero-order valence-corrected chi connectivity index (χ0v) is 41.5. The molecule has 0 aliphatic carbocycles. The quantitative estimate of drug-likeness (QED) is 0.171. The Balaban J connectivity index is 0.862. The summed E-state index contributed by atoms with van der Waals surface area (Å²) in [5, 5.41) is 13.0. The van der Waals surface area contributed by atoms with Crippen LogP contribution in [0.15, 0.2) is 246 Å². The third-order valence-electron chi connectivity index (χ3n) is 16.3. The van der Waals surface area contributed by atoms with E-state index in [1.165, 1.54) is 10.8 Å². The van der Waals surface area contributed by atoms with E-state index >= 15 is 0 Å². The normalized spacial score (nSPS) is 12.4. The molecular weight excluding hydrogens is 959 g/mol. The molecule has 0 saturated heterocycles. The van der Waals surface area contributed by atoms with Crippen molar-refractivity contribution >= 4 is 131 Å². The minimum absolute atomic E-state index is 0.524. The summed E-state index contributed by atoms with van der Waals surface area (Å²) >= 11 is 0. The lowest BCUT2D eigenvalue weighted by atomic mass is 9.99. The molecule has 0 aliphatic heterocycles. The molecule has 0 saturated carbocycles. The number of rotatable bonds is 5. The van der Waals surface area contributed by atoms with Gasteiger partial charge in [-0.2, -0.15) is 4.98 Å². The smallest absolute Gasteiger partial charge is 0.231 e. The molecule has 0 amide bonds. The van der Waals surface area contributed by atoms with Crippen molar-refractivity contribution in [1.82, 2.24) is 33.2 Å². The van der Waals surface area contributed by atoms with Gasteiger partial charge in [-0.05, 0) is 90.5 Å². The lowest BCUT2D eigenvalue weighted by Crippen LogP contribution is -1.98. The summed E-state index contributed by atoms with van der Waals surface area (Å²) in [7, 11) is 0. The van der Waals surface area contributed by atoms with Crippen LogP contribution >= 0.6 is 0 Å². The fourth-order valence-corrected chi connectivity index (χ4v) is 13.1. The summed E-state index contributed by atoms with van der Waals surface area (Å²) in [6.45, 7) is 0. The summed E-state index contributed by atoms with van der Waals surface area (Å²) in [4.78, 5) is 15.7. The van der Waals surface area contributed by atoms with E-state index in [9.17, 15) is 0 Å². The van der Waals surface area contributed by atoms with Crippen LogP contribution in [0.5, 0.6) is 0 Å². The molecule has 0 N–H and O–H groups in total. The van der Waals surface area contributed by atoms with Crippen LogP contribution < -0.4 is 0 Å². The first-order valence-electron chi connectivity index (χ1n) is 26.2. The second kappa shape index (κ2) is 15.4. The Morgan fingerprint density at radius 1 is 0.295 bits per heavy atom. The Labute approximate surface area is 442 Å². The van der Waals surface area contributed by atoms with E-state index < -0.39 is 0 Å². The van der Waals surface area contributed by atoms with Gasteiger partial charge in [0.15, 0.2) is 0 Å². The van der Waals surface area contributed by atoms with Crippen LogP contribution in [0.2, 0.25) is 0 Å². The molecule has 9 aromatic carbocycles. The standard InChI is InChI=1S/C69H39N7O2/c1-3-16-41(17-4-1)73-54-26-12-8-22-48(54)64-57(73)33-30-46-44-20-7-11-25-53(44)75(66(46)64)61-35-32-47-51-36-40(38-71-68(51)78-69(47)72-61)43-24-15-28-56-63(43)50-31-34-58-65(49-23-9-13-27-55(49)74(58)42-18-5-2-6-19-42)67(50)76(56)62-37-60-52(39-70-62)45-21-10-14-29-59(45)77-60/h1-39H. The van der Waals surface area contributed by atoms with E-state index in [-0.39, 0.29) is 0 Å². The summed E-state index contributed by atoms with van der Waals surface area (Å²) in [5.74, 6) is 1.54. The van der Waals surface area contributed by atoms with Crippen LogP contribution in [-0.2, 0) is 0 Å². The van der Waals surface area contributed by atoms with Gasteiger partial charge in [0.1, 0.15) is 22.8 Å². The number of nitrogens with zero attached hydrogens (tertiary/aromatic N) is 7. The first-order chi connectivity index (χ1) is 38.7. The van der Waals surface area contributed by atoms with Gasteiger partial charge in [0.05, 0.1) is 54.9 Å². The average Bonchev–Trinajstić information content (AvgIpc) is 4.51. The van der Waals surface area contributed by atoms with Crippen molar-refractivity contribution in [3.05, 3.63) is 237 Å². The lowest BCUT2D eigenvalue weighted by molar-refractivity contribution is 0.639. The number of aromatic nitrogens is 7. The molecule has 0 aliphatic rings. The first-order valence-corrected chi connectivity index (χ1v) is 26.2. The predicted octanol–water partition coefficient (Wildman–Crippen LogP) is 17.7. The zero-order chi connectivity index (χ0) is 50.7. The molecule has 0 radical (unpaired) electrons. The monoisotopic (exact) mass is 997 g/mol. The molecule has 0 bridgehead atoms. The topological polar surface area (TPSA) is 84.7 Å². The highest BCUT2D eigenvalue weighted by Gasteiger charge is 2.26. The molecule has 9 heterocycles. The molecule has 18 aromatic rings. The van der Waals surface area contributed by atoms with Gasteiger partial charge in [-0.3, -0.25) is 9.13 Å². The molecule has 0 spiro atoms. The number of hydrogen-bond donors (Lipinski definition) is 0. The Morgan fingerprint density at radius 2 is 0.859 bits per heavy atom. The number of para-hydroxylation sites is 6. The third-order valence-corrected chi connectivity index (χ3v) is 16.3. The van der Waals surface area contributed by atoms with Gasteiger partial charge in [-0.1, -0.05) is 133 Å². The Morgan fingerprint density at radius 3 is 1.58 bits per heavy atom. The van der Waals surface area contributed by atoms with Gasteiger partial charge in [0.25, 0.3) is 0 Å². The highest BCUT2D eigenvalue weighted by molar-refractivity contribution is 6.29. The van der Waals surface area contributed by atoms with Crippen molar-refractivity contribution in [1.29, 1.82) is 0 Å². The van der Waals surface area contributed by atoms with E-state index in [0.29, 0.717) is 11.4 Å². The van der Waals surface area contributed by atoms with Crippen molar-refractivity contribution in [2.45, 2.75) is 0 Å². The molecule has 9 nitrogen and oxygen atoms in total. The number of pyridine rings is 3. The molecule has 0 unspecified atom stereocenters. The zero-order valence-electron chi connectivity index (χ0n) is 41.5. The Hall–Kier alpha value is -10.8. The molecule has 0 fully saturated rings. The van der Waals surface area contributed by atoms with Crippen LogP contribution in [-0.4, -0.2) is 33.2 Å².